The van der Waals surface area contributed by atoms with Crippen molar-refractivity contribution < 1.29 is 5.11 Å². The number of hydrogen-bond acceptors (Lipinski definition) is 5. The number of benzene rings is 3. The minimum absolute atomic E-state index is 0.205. The largest absolute Gasteiger partial charge is 0.494 e. The number of nitrogens with zero attached hydrogens (tertiary/aromatic N) is 3. The summed E-state index contributed by atoms with van der Waals surface area (Å²) in [6, 6.07) is 21.1. The van der Waals surface area contributed by atoms with Crippen LogP contribution < -0.4 is 10.5 Å². The first-order valence-electron chi connectivity index (χ1n) is 11.9. The van der Waals surface area contributed by atoms with Gasteiger partial charge in [-0.05, 0) is 66.7 Å². The van der Waals surface area contributed by atoms with Crippen molar-refractivity contribution in [2.75, 3.05) is 38.1 Å². The highest BCUT2D eigenvalue weighted by atomic mass is 35.5. The fourth-order valence-corrected chi connectivity index (χ4v) is 4.43. The van der Waals surface area contributed by atoms with Crippen LogP contribution in [-0.2, 0) is 0 Å². The van der Waals surface area contributed by atoms with E-state index in [2.05, 4.69) is 39.0 Å². The first-order chi connectivity index (χ1) is 17.5. The molecule has 3 aromatic carbocycles. The minimum Gasteiger partial charge on any atom is -0.494 e. The van der Waals surface area contributed by atoms with E-state index in [4.69, 9.17) is 11.6 Å². The van der Waals surface area contributed by atoms with Gasteiger partial charge in [-0.25, -0.2) is 0 Å². The molecule has 2 N–H and O–H groups in total. The van der Waals surface area contributed by atoms with Gasteiger partial charge in [0.25, 0.3) is 5.56 Å². The number of aromatic hydroxyl groups is 1. The van der Waals surface area contributed by atoms with Crippen LogP contribution in [0.1, 0.15) is 16.7 Å². The van der Waals surface area contributed by atoms with E-state index in [1.54, 1.807) is 12.3 Å². The van der Waals surface area contributed by atoms with Crippen molar-refractivity contribution in [3.05, 3.63) is 98.8 Å². The summed E-state index contributed by atoms with van der Waals surface area (Å²) in [6.07, 6.45) is 5.53. The number of fused-ring (bicyclic) bond motifs is 1. The predicted octanol–water partition coefficient (Wildman–Crippen LogP) is 5.56. The molecule has 182 valence electrons. The normalized spacial score (nSPS) is 14.9. The number of aliphatic imine (C=N–C) groups is 1. The molecule has 0 saturated carbocycles. The van der Waals surface area contributed by atoms with Gasteiger partial charge in [0.05, 0.1) is 11.3 Å². The molecule has 2 heterocycles. The number of piperazine rings is 1. The van der Waals surface area contributed by atoms with Gasteiger partial charge in [-0.1, -0.05) is 42.0 Å². The third kappa shape index (κ3) is 5.35. The molecular weight excluding hydrogens is 472 g/mol. The van der Waals surface area contributed by atoms with Gasteiger partial charge in [0.15, 0.2) is 0 Å². The SMILES string of the molecule is CN1CCN(c2ccc(N=Cc3c(O)[nH]c(=O)c4ccc(C=Cc5ccc(Cl)cc5)cc34)cc2)CC1. The molecular formula is C29H27ClN4O2. The molecule has 7 heteroatoms. The Labute approximate surface area is 214 Å². The Balaban J connectivity index is 1.42. The van der Waals surface area contributed by atoms with E-state index < -0.39 is 0 Å². The summed E-state index contributed by atoms with van der Waals surface area (Å²) < 4.78 is 0. The minimum atomic E-state index is -0.343. The zero-order valence-corrected chi connectivity index (χ0v) is 20.7. The molecule has 1 aliphatic heterocycles. The van der Waals surface area contributed by atoms with Gasteiger partial charge < -0.3 is 14.9 Å². The first-order valence-corrected chi connectivity index (χ1v) is 12.2. The lowest BCUT2D eigenvalue weighted by atomic mass is 10.0. The summed E-state index contributed by atoms with van der Waals surface area (Å²) in [5.74, 6) is -0.205. The van der Waals surface area contributed by atoms with Crippen LogP contribution in [0.25, 0.3) is 22.9 Å². The Morgan fingerprint density at radius 3 is 2.28 bits per heavy atom. The van der Waals surface area contributed by atoms with Gasteiger partial charge >= 0.3 is 0 Å². The summed E-state index contributed by atoms with van der Waals surface area (Å²) in [6.45, 7) is 4.11. The standard InChI is InChI=1S/C29H27ClN4O2/c1-33-14-16-34(17-15-33)24-11-9-23(10-12-24)31-19-27-26-18-21(3-2-20-4-7-22(30)8-5-20)6-13-25(26)28(35)32-29(27)36/h2-13,18-19H,14-17H2,1H3,(H2,32,35,36). The molecule has 1 fully saturated rings. The van der Waals surface area contributed by atoms with Gasteiger partial charge in [-0.2, -0.15) is 0 Å². The van der Waals surface area contributed by atoms with Gasteiger partial charge in [0.1, 0.15) is 0 Å². The third-order valence-corrected chi connectivity index (χ3v) is 6.72. The fourth-order valence-electron chi connectivity index (χ4n) is 4.31. The average molecular weight is 499 g/mol. The van der Waals surface area contributed by atoms with Crippen LogP contribution in [0.2, 0.25) is 5.02 Å². The molecule has 6 nitrogen and oxygen atoms in total. The zero-order chi connectivity index (χ0) is 25.1. The summed E-state index contributed by atoms with van der Waals surface area (Å²) in [4.78, 5) is 24.3. The number of likely N-dealkylation sites (N-methyl/N-ethyl adjacent to an activating group) is 1. The lowest BCUT2D eigenvalue weighted by Gasteiger charge is -2.34. The molecule has 1 aromatic heterocycles. The van der Waals surface area contributed by atoms with Crippen molar-refractivity contribution in [3.8, 4) is 5.88 Å². The molecule has 4 aromatic rings. The van der Waals surface area contributed by atoms with Crippen molar-refractivity contribution in [2.45, 2.75) is 0 Å². The quantitative estimate of drug-likeness (QED) is 0.279. The monoisotopic (exact) mass is 498 g/mol. The summed E-state index contributed by atoms with van der Waals surface area (Å²) in [5.41, 5.74) is 3.98. The van der Waals surface area contributed by atoms with E-state index in [1.807, 2.05) is 60.7 Å². The molecule has 0 spiro atoms. The van der Waals surface area contributed by atoms with Crippen LogP contribution in [0.5, 0.6) is 5.88 Å². The number of nitrogens with one attached hydrogen (secondary N) is 1. The molecule has 0 radical (unpaired) electrons. The molecule has 36 heavy (non-hydrogen) atoms. The molecule has 1 saturated heterocycles. The molecule has 0 unspecified atom stereocenters. The topological polar surface area (TPSA) is 71.9 Å². The molecule has 0 amide bonds. The van der Waals surface area contributed by atoms with Gasteiger partial charge in [0, 0.05) is 53.9 Å². The third-order valence-electron chi connectivity index (χ3n) is 6.46. The van der Waals surface area contributed by atoms with Crippen molar-refractivity contribution in [1.29, 1.82) is 0 Å². The highest BCUT2D eigenvalue weighted by molar-refractivity contribution is 6.30. The Bertz CT molecular complexity index is 1480. The van der Waals surface area contributed by atoms with Crippen molar-refractivity contribution in [2.24, 2.45) is 4.99 Å². The van der Waals surface area contributed by atoms with Crippen molar-refractivity contribution in [3.63, 3.8) is 0 Å². The maximum atomic E-state index is 12.5. The molecule has 1 aliphatic rings. The Kier molecular flexibility index (Phi) is 6.89. The zero-order valence-electron chi connectivity index (χ0n) is 20.0. The van der Waals surface area contributed by atoms with E-state index in [0.717, 1.165) is 43.0 Å². The van der Waals surface area contributed by atoms with Crippen molar-refractivity contribution in [1.82, 2.24) is 9.88 Å². The highest BCUT2D eigenvalue weighted by Crippen LogP contribution is 2.25. The van der Waals surface area contributed by atoms with Gasteiger partial charge in [-0.15, -0.1) is 0 Å². The molecule has 5 rings (SSSR count). The smallest absolute Gasteiger partial charge is 0.258 e. The predicted molar refractivity (Wildman–Crippen MR) is 150 cm³/mol. The number of anilines is 1. The van der Waals surface area contributed by atoms with E-state index in [0.29, 0.717) is 21.4 Å². The lowest BCUT2D eigenvalue weighted by Crippen LogP contribution is -2.44. The summed E-state index contributed by atoms with van der Waals surface area (Å²) in [7, 11) is 2.14. The fraction of sp³-hybridized carbons (Fsp3) is 0.172. The van der Waals surface area contributed by atoms with Crippen LogP contribution in [-0.4, -0.2) is 54.4 Å². The number of aromatic amines is 1. The summed E-state index contributed by atoms with van der Waals surface area (Å²) >= 11 is 5.97. The van der Waals surface area contributed by atoms with E-state index in [9.17, 15) is 9.90 Å². The second-order valence-corrected chi connectivity index (χ2v) is 9.41. The number of halogens is 1. The highest BCUT2D eigenvalue weighted by Gasteiger charge is 2.14. The number of H-pyrrole nitrogens is 1. The van der Waals surface area contributed by atoms with Gasteiger partial charge in [-0.3, -0.25) is 14.8 Å². The number of pyridine rings is 1. The number of aromatic nitrogens is 1. The Hall–Kier alpha value is -3.87. The Morgan fingerprint density at radius 1 is 0.889 bits per heavy atom. The lowest BCUT2D eigenvalue weighted by molar-refractivity contribution is 0.313. The number of rotatable bonds is 5. The Morgan fingerprint density at radius 2 is 1.56 bits per heavy atom. The number of hydrogen-bond donors (Lipinski definition) is 2. The van der Waals surface area contributed by atoms with Crippen molar-refractivity contribution >= 4 is 52.1 Å². The van der Waals surface area contributed by atoms with E-state index >= 15 is 0 Å². The summed E-state index contributed by atoms with van der Waals surface area (Å²) in [5, 5.41) is 12.3. The molecule has 0 aliphatic carbocycles. The van der Waals surface area contributed by atoms with E-state index in [-0.39, 0.29) is 11.4 Å². The molecule has 0 atom stereocenters. The van der Waals surface area contributed by atoms with Crippen LogP contribution in [0.4, 0.5) is 11.4 Å². The van der Waals surface area contributed by atoms with Crippen LogP contribution in [0.15, 0.2) is 76.5 Å². The van der Waals surface area contributed by atoms with Gasteiger partial charge in [0.2, 0.25) is 5.88 Å². The maximum absolute atomic E-state index is 12.5. The first kappa shape index (κ1) is 23.9. The second-order valence-electron chi connectivity index (χ2n) is 8.97. The average Bonchev–Trinajstić information content (AvgIpc) is 2.89. The van der Waals surface area contributed by atoms with Crippen LogP contribution in [0.3, 0.4) is 0 Å². The van der Waals surface area contributed by atoms with Crippen LogP contribution >= 0.6 is 11.6 Å². The van der Waals surface area contributed by atoms with E-state index in [1.165, 1.54) is 5.69 Å². The molecule has 0 bridgehead atoms. The van der Waals surface area contributed by atoms with Crippen LogP contribution in [0, 0.1) is 0 Å². The second kappa shape index (κ2) is 10.4. The maximum Gasteiger partial charge on any atom is 0.258 e.